The molecule has 0 aliphatic carbocycles. The third kappa shape index (κ3) is 5.64. The van der Waals surface area contributed by atoms with E-state index in [1.807, 2.05) is 20.8 Å². The largest absolute Gasteiger partial charge is 0.493 e. The molecule has 1 aromatic heterocycles. The highest BCUT2D eigenvalue weighted by Gasteiger charge is 2.29. The van der Waals surface area contributed by atoms with Crippen molar-refractivity contribution in [2.45, 2.75) is 47.6 Å². The number of nitrogens with zero attached hydrogens (tertiary/aromatic N) is 1. The molecule has 0 atom stereocenters. The fraction of sp³-hybridized carbons (Fsp3) is 0.435. The van der Waals surface area contributed by atoms with Gasteiger partial charge in [0.25, 0.3) is 11.8 Å². The second-order valence-electron chi connectivity index (χ2n) is 7.08. The third-order valence-corrected chi connectivity index (χ3v) is 5.79. The van der Waals surface area contributed by atoms with Crippen LogP contribution in [0.25, 0.3) is 0 Å². The number of hydrogen-bond donors (Lipinski definition) is 1. The van der Waals surface area contributed by atoms with Crippen molar-refractivity contribution in [3.63, 3.8) is 0 Å². The summed E-state index contributed by atoms with van der Waals surface area (Å²) < 4.78 is 10.9. The Labute approximate surface area is 187 Å². The number of hydrogen-bond acceptors (Lipinski definition) is 6. The Morgan fingerprint density at radius 3 is 2.32 bits per heavy atom. The van der Waals surface area contributed by atoms with E-state index in [4.69, 9.17) is 9.47 Å². The van der Waals surface area contributed by atoms with E-state index in [1.54, 1.807) is 49.9 Å². The zero-order valence-corrected chi connectivity index (χ0v) is 19.7. The Morgan fingerprint density at radius 2 is 1.74 bits per heavy atom. The number of anilines is 1. The minimum absolute atomic E-state index is 0.179. The van der Waals surface area contributed by atoms with E-state index < -0.39 is 11.9 Å². The van der Waals surface area contributed by atoms with Crippen LogP contribution in [0.1, 0.15) is 70.6 Å². The van der Waals surface area contributed by atoms with Gasteiger partial charge in [-0.1, -0.05) is 12.1 Å². The zero-order valence-electron chi connectivity index (χ0n) is 18.9. The summed E-state index contributed by atoms with van der Waals surface area (Å²) in [5, 5.41) is 3.09. The van der Waals surface area contributed by atoms with E-state index >= 15 is 0 Å². The predicted octanol–water partition coefficient (Wildman–Crippen LogP) is 4.75. The van der Waals surface area contributed by atoms with E-state index in [9.17, 15) is 14.4 Å². The number of esters is 1. The Bertz CT molecular complexity index is 947. The number of rotatable bonds is 9. The van der Waals surface area contributed by atoms with E-state index in [0.29, 0.717) is 41.4 Å². The second kappa shape index (κ2) is 10.9. The molecule has 0 unspecified atom stereocenters. The molecule has 8 heteroatoms. The third-order valence-electron chi connectivity index (χ3n) is 4.60. The first kappa shape index (κ1) is 24.4. The van der Waals surface area contributed by atoms with Gasteiger partial charge >= 0.3 is 5.97 Å². The van der Waals surface area contributed by atoms with Gasteiger partial charge < -0.3 is 19.7 Å². The average molecular weight is 447 g/mol. The summed E-state index contributed by atoms with van der Waals surface area (Å²) in [6, 6.07) is 6.87. The van der Waals surface area contributed by atoms with Gasteiger partial charge in [0.2, 0.25) is 0 Å². The van der Waals surface area contributed by atoms with Crippen LogP contribution in [0.2, 0.25) is 0 Å². The molecular weight excluding hydrogens is 416 g/mol. The zero-order chi connectivity index (χ0) is 23.1. The summed E-state index contributed by atoms with van der Waals surface area (Å²) in [4.78, 5) is 40.9. The minimum Gasteiger partial charge on any atom is -0.493 e. The Morgan fingerprint density at radius 1 is 1.10 bits per heavy atom. The monoisotopic (exact) mass is 446 g/mol. The van der Waals surface area contributed by atoms with Gasteiger partial charge in [0.05, 0.1) is 28.7 Å². The smallest absolute Gasteiger partial charge is 0.341 e. The van der Waals surface area contributed by atoms with E-state index in [1.165, 1.54) is 0 Å². The van der Waals surface area contributed by atoms with E-state index in [2.05, 4.69) is 5.32 Å². The van der Waals surface area contributed by atoms with Crippen LogP contribution in [0, 0.1) is 6.92 Å². The number of nitrogens with one attached hydrogen (secondary N) is 1. The van der Waals surface area contributed by atoms with Crippen molar-refractivity contribution in [1.82, 2.24) is 4.90 Å². The standard InChI is InChI=1S/C23H30N2O5S/c1-7-25(8-2)22(27)19-15(6)18(23(28)30-14(4)5)21(31-19)24-20(26)16-12-10-11-13-17(16)29-9-3/h10-14H,7-9H2,1-6H3,(H,24,26). The molecular formula is C23H30N2O5S. The Hall–Kier alpha value is -2.87. The van der Waals surface area contributed by atoms with Gasteiger partial charge in [0.1, 0.15) is 10.8 Å². The molecule has 2 aromatic rings. The maximum atomic E-state index is 13.0. The van der Waals surface area contributed by atoms with Crippen molar-refractivity contribution in [2.24, 2.45) is 0 Å². The summed E-state index contributed by atoms with van der Waals surface area (Å²) in [6.07, 6.45) is -0.337. The maximum absolute atomic E-state index is 13.0. The minimum atomic E-state index is -0.573. The highest BCUT2D eigenvalue weighted by molar-refractivity contribution is 7.18. The summed E-state index contributed by atoms with van der Waals surface area (Å²) in [6.45, 7) is 12.3. The quantitative estimate of drug-likeness (QED) is 0.562. The molecule has 7 nitrogen and oxygen atoms in total. The molecule has 2 amide bonds. The Kier molecular flexibility index (Phi) is 8.62. The molecule has 0 radical (unpaired) electrons. The molecule has 2 rings (SSSR count). The van der Waals surface area contributed by atoms with Crippen molar-refractivity contribution >= 4 is 34.1 Å². The first-order chi connectivity index (χ1) is 14.7. The molecule has 0 saturated carbocycles. The van der Waals surface area contributed by atoms with Gasteiger partial charge in [0, 0.05) is 13.1 Å². The number of benzene rings is 1. The number of para-hydroxylation sites is 1. The average Bonchev–Trinajstić information content (AvgIpc) is 3.04. The van der Waals surface area contributed by atoms with E-state index in [0.717, 1.165) is 11.3 Å². The molecule has 1 heterocycles. The van der Waals surface area contributed by atoms with Crippen molar-refractivity contribution in [3.05, 3.63) is 45.8 Å². The summed E-state index contributed by atoms with van der Waals surface area (Å²) in [5.41, 5.74) is 1.05. The predicted molar refractivity (Wildman–Crippen MR) is 122 cm³/mol. The van der Waals surface area contributed by atoms with Gasteiger partial charge in [-0.25, -0.2) is 4.79 Å². The van der Waals surface area contributed by atoms with Gasteiger partial charge in [0.15, 0.2) is 0 Å². The van der Waals surface area contributed by atoms with Gasteiger partial charge in [-0.2, -0.15) is 0 Å². The van der Waals surface area contributed by atoms with Crippen molar-refractivity contribution in [1.29, 1.82) is 0 Å². The fourth-order valence-electron chi connectivity index (χ4n) is 3.08. The van der Waals surface area contributed by atoms with Crippen molar-refractivity contribution in [3.8, 4) is 5.75 Å². The highest BCUT2D eigenvalue weighted by atomic mass is 32.1. The topological polar surface area (TPSA) is 84.9 Å². The lowest BCUT2D eigenvalue weighted by molar-refractivity contribution is 0.0379. The molecule has 0 fully saturated rings. The molecule has 0 aliphatic rings. The van der Waals surface area contributed by atoms with Crippen molar-refractivity contribution < 1.29 is 23.9 Å². The molecule has 0 spiro atoms. The second-order valence-corrected chi connectivity index (χ2v) is 8.10. The van der Waals surface area contributed by atoms with Gasteiger partial charge in [-0.15, -0.1) is 11.3 Å². The van der Waals surface area contributed by atoms with Crippen LogP contribution in [0.5, 0.6) is 5.75 Å². The molecule has 1 N–H and O–H groups in total. The summed E-state index contributed by atoms with van der Waals surface area (Å²) in [7, 11) is 0. The van der Waals surface area contributed by atoms with Crippen molar-refractivity contribution in [2.75, 3.05) is 25.0 Å². The maximum Gasteiger partial charge on any atom is 0.341 e. The number of carbonyl (C=O) groups excluding carboxylic acids is 3. The van der Waals surface area contributed by atoms with Gasteiger partial charge in [-0.05, 0) is 59.2 Å². The van der Waals surface area contributed by atoms with Crippen LogP contribution in [0.3, 0.4) is 0 Å². The summed E-state index contributed by atoms with van der Waals surface area (Å²) >= 11 is 1.09. The van der Waals surface area contributed by atoms with Crippen LogP contribution in [-0.2, 0) is 4.74 Å². The lowest BCUT2D eigenvalue weighted by Crippen LogP contribution is -2.30. The van der Waals surface area contributed by atoms with Crippen LogP contribution in [0.15, 0.2) is 24.3 Å². The molecule has 0 aliphatic heterocycles. The molecule has 1 aromatic carbocycles. The highest BCUT2D eigenvalue weighted by Crippen LogP contribution is 2.35. The van der Waals surface area contributed by atoms with Crippen LogP contribution < -0.4 is 10.1 Å². The number of ether oxygens (including phenoxy) is 2. The van der Waals surface area contributed by atoms with Crippen LogP contribution in [-0.4, -0.2) is 48.5 Å². The number of thiophene rings is 1. The lowest BCUT2D eigenvalue weighted by Gasteiger charge is -2.18. The molecule has 168 valence electrons. The normalized spacial score (nSPS) is 10.7. The molecule has 31 heavy (non-hydrogen) atoms. The lowest BCUT2D eigenvalue weighted by atomic mass is 10.1. The first-order valence-corrected chi connectivity index (χ1v) is 11.2. The van der Waals surface area contributed by atoms with Gasteiger partial charge in [-0.3, -0.25) is 9.59 Å². The van der Waals surface area contributed by atoms with Crippen LogP contribution in [0.4, 0.5) is 5.00 Å². The molecule has 0 saturated heterocycles. The fourth-order valence-corrected chi connectivity index (χ4v) is 4.24. The van der Waals surface area contributed by atoms with E-state index in [-0.39, 0.29) is 22.6 Å². The van der Waals surface area contributed by atoms with Crippen LogP contribution >= 0.6 is 11.3 Å². The number of carbonyl (C=O) groups is 3. The first-order valence-electron chi connectivity index (χ1n) is 10.4. The SMILES string of the molecule is CCOc1ccccc1C(=O)Nc1sc(C(=O)N(CC)CC)c(C)c1C(=O)OC(C)C. The molecule has 0 bridgehead atoms. The summed E-state index contributed by atoms with van der Waals surface area (Å²) in [5.74, 6) is -0.732. The number of amides is 2. The Balaban J connectivity index is 2.50.